The fourth-order valence-corrected chi connectivity index (χ4v) is 3.44. The molecule has 0 radical (unpaired) electrons. The first kappa shape index (κ1) is 18.3. The third kappa shape index (κ3) is 4.73. The highest BCUT2D eigenvalue weighted by atomic mass is 35.5. The quantitative estimate of drug-likeness (QED) is 0.789. The average molecular weight is 360 g/mol. The molecule has 0 unspecified atom stereocenters. The summed E-state index contributed by atoms with van der Waals surface area (Å²) in [5.74, 6) is 0.464. The molecule has 0 spiro atoms. The van der Waals surface area contributed by atoms with Crippen LogP contribution in [0.15, 0.2) is 29.3 Å². The summed E-state index contributed by atoms with van der Waals surface area (Å²) >= 11 is 7.38. The van der Waals surface area contributed by atoms with E-state index in [1.807, 2.05) is 32.9 Å². The van der Waals surface area contributed by atoms with E-state index in [4.69, 9.17) is 11.6 Å². The molecule has 0 aliphatic carbocycles. The van der Waals surface area contributed by atoms with Crippen molar-refractivity contribution in [1.29, 1.82) is 5.26 Å². The van der Waals surface area contributed by atoms with Gasteiger partial charge in [0.05, 0.1) is 5.56 Å². The van der Waals surface area contributed by atoms with Crippen LogP contribution in [-0.2, 0) is 4.79 Å². The Morgan fingerprint density at radius 2 is 2.04 bits per heavy atom. The van der Waals surface area contributed by atoms with Crippen LogP contribution in [0.1, 0.15) is 28.8 Å². The summed E-state index contributed by atoms with van der Waals surface area (Å²) in [7, 11) is 0. The molecule has 0 fully saturated rings. The van der Waals surface area contributed by atoms with E-state index in [2.05, 4.69) is 16.4 Å². The number of benzene rings is 1. The van der Waals surface area contributed by atoms with Gasteiger partial charge in [0.15, 0.2) is 0 Å². The molecular formula is C18H18ClN3OS. The Labute approximate surface area is 151 Å². The van der Waals surface area contributed by atoms with Crippen molar-refractivity contribution in [3.8, 4) is 6.07 Å². The molecule has 0 aliphatic rings. The number of nitrogens with one attached hydrogen (secondary N) is 1. The van der Waals surface area contributed by atoms with E-state index in [9.17, 15) is 10.1 Å². The Balaban J connectivity index is 1.96. The lowest BCUT2D eigenvalue weighted by molar-refractivity contribution is -0.115. The van der Waals surface area contributed by atoms with Gasteiger partial charge in [-0.25, -0.2) is 4.98 Å². The zero-order chi connectivity index (χ0) is 17.7. The molecule has 1 aromatic heterocycles. The summed E-state index contributed by atoms with van der Waals surface area (Å²) in [5.41, 5.74) is 4.04. The number of aryl methyl sites for hydroxylation is 3. The number of pyridine rings is 1. The average Bonchev–Trinajstić information content (AvgIpc) is 2.50. The number of nitrogens with zero attached hydrogens (tertiary/aromatic N) is 2. The molecule has 0 bridgehead atoms. The topological polar surface area (TPSA) is 65.8 Å². The van der Waals surface area contributed by atoms with E-state index in [1.165, 1.54) is 11.8 Å². The fraction of sp³-hybridized carbons (Fsp3) is 0.278. The van der Waals surface area contributed by atoms with Gasteiger partial charge in [-0.1, -0.05) is 17.7 Å². The maximum Gasteiger partial charge on any atom is 0.225 e. The van der Waals surface area contributed by atoms with E-state index in [0.29, 0.717) is 27.8 Å². The lowest BCUT2D eigenvalue weighted by atomic mass is 10.1. The number of rotatable bonds is 5. The monoisotopic (exact) mass is 359 g/mol. The second-order valence-electron chi connectivity index (χ2n) is 5.48. The third-order valence-corrected chi connectivity index (χ3v) is 4.68. The van der Waals surface area contributed by atoms with Gasteiger partial charge in [0, 0.05) is 28.6 Å². The lowest BCUT2D eigenvalue weighted by Crippen LogP contribution is -2.13. The first-order valence-electron chi connectivity index (χ1n) is 7.48. The van der Waals surface area contributed by atoms with Crippen LogP contribution in [-0.4, -0.2) is 16.6 Å². The normalized spacial score (nSPS) is 10.3. The van der Waals surface area contributed by atoms with E-state index < -0.39 is 0 Å². The van der Waals surface area contributed by atoms with Gasteiger partial charge in [0.1, 0.15) is 11.1 Å². The summed E-state index contributed by atoms with van der Waals surface area (Å²) in [5, 5.41) is 13.4. The molecule has 1 N–H and O–H groups in total. The van der Waals surface area contributed by atoms with E-state index in [0.717, 1.165) is 22.5 Å². The number of thioether (sulfide) groups is 1. The molecule has 124 valence electrons. The summed E-state index contributed by atoms with van der Waals surface area (Å²) in [6.45, 7) is 5.71. The van der Waals surface area contributed by atoms with Gasteiger partial charge < -0.3 is 5.32 Å². The zero-order valence-corrected chi connectivity index (χ0v) is 15.4. The molecule has 0 saturated carbocycles. The molecular weight excluding hydrogens is 342 g/mol. The van der Waals surface area contributed by atoms with Crippen LogP contribution in [0, 0.1) is 32.1 Å². The van der Waals surface area contributed by atoms with Gasteiger partial charge >= 0.3 is 0 Å². The van der Waals surface area contributed by atoms with Crippen molar-refractivity contribution in [2.24, 2.45) is 0 Å². The molecule has 4 nitrogen and oxygen atoms in total. The largest absolute Gasteiger partial charge is 0.326 e. The molecule has 2 rings (SSSR count). The number of nitriles is 1. The summed E-state index contributed by atoms with van der Waals surface area (Å²) in [4.78, 5) is 16.5. The predicted octanol–water partition coefficient (Wildman–Crippen LogP) is 4.65. The maximum atomic E-state index is 12.1. The molecule has 2 aromatic rings. The Kier molecular flexibility index (Phi) is 6.24. The summed E-state index contributed by atoms with van der Waals surface area (Å²) in [6.07, 6.45) is 0.330. The van der Waals surface area contributed by atoms with Gasteiger partial charge in [-0.15, -0.1) is 11.8 Å². The number of amides is 1. The Bertz CT molecular complexity index is 815. The van der Waals surface area contributed by atoms with Crippen molar-refractivity contribution >= 4 is 35.0 Å². The number of hydrogen-bond acceptors (Lipinski definition) is 4. The predicted molar refractivity (Wildman–Crippen MR) is 98.6 cm³/mol. The van der Waals surface area contributed by atoms with E-state index in [1.54, 1.807) is 12.1 Å². The number of carbonyl (C=O) groups excluding carboxylic acids is 1. The van der Waals surface area contributed by atoms with Gasteiger partial charge in [0.25, 0.3) is 0 Å². The second-order valence-corrected chi connectivity index (χ2v) is 7.00. The highest BCUT2D eigenvalue weighted by Gasteiger charge is 2.11. The Morgan fingerprint density at radius 1 is 1.29 bits per heavy atom. The number of hydrogen-bond donors (Lipinski definition) is 1. The van der Waals surface area contributed by atoms with Crippen LogP contribution < -0.4 is 5.32 Å². The minimum atomic E-state index is -0.0873. The van der Waals surface area contributed by atoms with Crippen LogP contribution in [0.4, 0.5) is 5.69 Å². The van der Waals surface area contributed by atoms with E-state index >= 15 is 0 Å². The number of halogens is 1. The molecule has 0 aliphatic heterocycles. The second kappa shape index (κ2) is 8.18. The molecule has 6 heteroatoms. The first-order chi connectivity index (χ1) is 11.4. The number of anilines is 1. The zero-order valence-electron chi connectivity index (χ0n) is 13.8. The van der Waals surface area contributed by atoms with Gasteiger partial charge in [-0.3, -0.25) is 4.79 Å². The highest BCUT2D eigenvalue weighted by molar-refractivity contribution is 7.99. The van der Waals surface area contributed by atoms with Crippen LogP contribution in [0.5, 0.6) is 0 Å². The minimum absolute atomic E-state index is 0.0873. The summed E-state index contributed by atoms with van der Waals surface area (Å²) < 4.78 is 0. The first-order valence-corrected chi connectivity index (χ1v) is 8.84. The molecule has 1 amide bonds. The van der Waals surface area contributed by atoms with Gasteiger partial charge in [-0.2, -0.15) is 5.26 Å². The van der Waals surface area contributed by atoms with Crippen molar-refractivity contribution in [1.82, 2.24) is 4.98 Å². The number of aromatic nitrogens is 1. The maximum absolute atomic E-state index is 12.1. The van der Waals surface area contributed by atoms with Crippen LogP contribution >= 0.6 is 23.4 Å². The fourth-order valence-electron chi connectivity index (χ4n) is 2.22. The number of carbonyl (C=O) groups is 1. The summed E-state index contributed by atoms with van der Waals surface area (Å²) in [6, 6.07) is 9.46. The van der Waals surface area contributed by atoms with Crippen molar-refractivity contribution in [3.05, 3.63) is 51.7 Å². The molecule has 0 atom stereocenters. The van der Waals surface area contributed by atoms with Crippen LogP contribution in [0.25, 0.3) is 0 Å². The van der Waals surface area contributed by atoms with Crippen LogP contribution in [0.2, 0.25) is 5.02 Å². The lowest BCUT2D eigenvalue weighted by Gasteiger charge is -2.09. The standard InChI is InChI=1S/C18H18ClN3OS/c1-11-4-5-14(19)9-16(11)22-17(23)6-7-24-18-15(10-20)12(2)8-13(3)21-18/h4-5,8-9H,6-7H2,1-3H3,(H,22,23). The highest BCUT2D eigenvalue weighted by Crippen LogP contribution is 2.25. The van der Waals surface area contributed by atoms with Crippen LogP contribution in [0.3, 0.4) is 0 Å². The Morgan fingerprint density at radius 3 is 2.75 bits per heavy atom. The van der Waals surface area contributed by atoms with Crippen molar-refractivity contribution in [2.75, 3.05) is 11.1 Å². The molecule has 1 heterocycles. The Hall–Kier alpha value is -2.03. The minimum Gasteiger partial charge on any atom is -0.326 e. The van der Waals surface area contributed by atoms with Gasteiger partial charge in [-0.05, 0) is 50.1 Å². The van der Waals surface area contributed by atoms with Crippen molar-refractivity contribution in [3.63, 3.8) is 0 Å². The molecule has 0 saturated heterocycles. The van der Waals surface area contributed by atoms with Gasteiger partial charge in [0.2, 0.25) is 5.91 Å². The third-order valence-electron chi connectivity index (χ3n) is 3.46. The van der Waals surface area contributed by atoms with Crippen molar-refractivity contribution in [2.45, 2.75) is 32.2 Å². The molecule has 1 aromatic carbocycles. The van der Waals surface area contributed by atoms with E-state index in [-0.39, 0.29) is 5.91 Å². The molecule has 24 heavy (non-hydrogen) atoms. The SMILES string of the molecule is Cc1cc(C)c(C#N)c(SCCC(=O)Nc2cc(Cl)ccc2C)n1. The van der Waals surface area contributed by atoms with Crippen molar-refractivity contribution < 1.29 is 4.79 Å². The smallest absolute Gasteiger partial charge is 0.225 e.